The number of rotatable bonds is 8. The number of carboxylic acids is 1. The van der Waals surface area contributed by atoms with Crippen LogP contribution >= 0.6 is 0 Å². The summed E-state index contributed by atoms with van der Waals surface area (Å²) in [5, 5.41) is 38.4. The number of hydrogen-bond acceptors (Lipinski definition) is 9. The van der Waals surface area contributed by atoms with Gasteiger partial charge in [0.15, 0.2) is 17.2 Å². The number of benzene rings is 1. The van der Waals surface area contributed by atoms with Gasteiger partial charge in [-0.15, -0.1) is 0 Å². The molecule has 0 radical (unpaired) electrons. The quantitative estimate of drug-likeness (QED) is 0.375. The summed E-state index contributed by atoms with van der Waals surface area (Å²) >= 11 is 0. The highest BCUT2D eigenvalue weighted by atomic mass is 16.5. The first-order valence-electron chi connectivity index (χ1n) is 12.5. The Hall–Kier alpha value is -3.70. The molecule has 0 aliphatic carbocycles. The van der Waals surface area contributed by atoms with Crippen molar-refractivity contribution in [3.05, 3.63) is 46.3 Å². The van der Waals surface area contributed by atoms with E-state index >= 15 is 0 Å². The van der Waals surface area contributed by atoms with Crippen LogP contribution in [0, 0.1) is 5.41 Å². The van der Waals surface area contributed by atoms with Crippen molar-refractivity contribution in [2.75, 3.05) is 38.3 Å². The molecule has 2 aliphatic heterocycles. The third-order valence-electron chi connectivity index (χ3n) is 6.81. The number of carbonyl (C=O) groups is 2. The van der Waals surface area contributed by atoms with Gasteiger partial charge in [0.05, 0.1) is 38.2 Å². The largest absolute Gasteiger partial charge is 0.494 e. The minimum Gasteiger partial charge on any atom is -0.494 e. The summed E-state index contributed by atoms with van der Waals surface area (Å²) in [5.74, 6) is -0.832. The molecule has 38 heavy (non-hydrogen) atoms. The second-order valence-corrected chi connectivity index (χ2v) is 10.6. The van der Waals surface area contributed by atoms with E-state index in [4.69, 9.17) is 14.9 Å². The average molecular weight is 527 g/mol. The highest BCUT2D eigenvalue weighted by molar-refractivity contribution is 6.05. The number of Topliss-reactive ketones (excluding diaryl/α,β-unsaturated/α-hetero) is 1. The third-order valence-corrected chi connectivity index (χ3v) is 6.81. The van der Waals surface area contributed by atoms with Crippen LogP contribution in [0.3, 0.4) is 0 Å². The monoisotopic (exact) mass is 526 g/mol. The molecule has 2 aliphatic rings. The third kappa shape index (κ3) is 5.03. The van der Waals surface area contributed by atoms with E-state index in [-0.39, 0.29) is 67.0 Å². The molecule has 4 N–H and O–H groups in total. The van der Waals surface area contributed by atoms with Gasteiger partial charge in [-0.2, -0.15) is 0 Å². The van der Waals surface area contributed by atoms with Crippen LogP contribution in [0.5, 0.6) is 11.5 Å². The Kier molecular flexibility index (Phi) is 7.35. The number of aliphatic hydroxyl groups is 2. The minimum absolute atomic E-state index is 0.0329. The van der Waals surface area contributed by atoms with Gasteiger partial charge in [-0.3, -0.25) is 10.2 Å². The molecule has 2 atom stereocenters. The lowest BCUT2D eigenvalue weighted by Gasteiger charge is -2.29. The zero-order valence-corrected chi connectivity index (χ0v) is 22.2. The summed E-state index contributed by atoms with van der Waals surface area (Å²) in [7, 11) is 1.55. The van der Waals surface area contributed by atoms with Crippen molar-refractivity contribution in [2.45, 2.75) is 51.9 Å². The van der Waals surface area contributed by atoms with Gasteiger partial charge in [-0.25, -0.2) is 9.78 Å². The number of amidine groups is 1. The fraction of sp³-hybridized carbons (Fsp3) is 0.481. The van der Waals surface area contributed by atoms with E-state index in [9.17, 15) is 24.9 Å². The number of hydrogen-bond donors (Lipinski definition) is 4. The molecule has 0 saturated carbocycles. The number of aromatic carboxylic acids is 1. The Morgan fingerprint density at radius 1 is 1.16 bits per heavy atom. The maximum absolute atomic E-state index is 13.6. The molecular weight excluding hydrogens is 492 g/mol. The molecule has 2 unspecified atom stereocenters. The van der Waals surface area contributed by atoms with E-state index in [2.05, 4.69) is 4.98 Å². The Morgan fingerprint density at radius 2 is 1.82 bits per heavy atom. The van der Waals surface area contributed by atoms with Gasteiger partial charge in [-0.1, -0.05) is 20.8 Å². The lowest BCUT2D eigenvalue weighted by Crippen LogP contribution is -2.31. The van der Waals surface area contributed by atoms with Crippen molar-refractivity contribution in [1.82, 2.24) is 9.88 Å². The normalized spacial score (nSPS) is 19.1. The number of aromatic nitrogens is 1. The van der Waals surface area contributed by atoms with E-state index in [0.717, 1.165) is 5.56 Å². The molecule has 4 rings (SSSR count). The van der Waals surface area contributed by atoms with Gasteiger partial charge in [0.1, 0.15) is 17.3 Å². The number of aliphatic hydroxyl groups excluding tert-OH is 2. The number of nitrogens with one attached hydrogen (secondary N) is 1. The molecule has 1 saturated heterocycles. The summed E-state index contributed by atoms with van der Waals surface area (Å²) in [6, 6.07) is 5.05. The number of fused-ring (bicyclic) bond motifs is 1. The minimum atomic E-state index is -1.25. The Morgan fingerprint density at radius 3 is 2.37 bits per heavy atom. The first-order chi connectivity index (χ1) is 17.8. The number of β-amino-alcohol motifs (C(OH)–C–C–N with tert-alkyl or cyclic N) is 2. The lowest BCUT2D eigenvalue weighted by molar-refractivity contribution is 0.0572. The molecule has 3 heterocycles. The van der Waals surface area contributed by atoms with Gasteiger partial charge in [0.25, 0.3) is 0 Å². The summed E-state index contributed by atoms with van der Waals surface area (Å²) in [6.07, 6.45) is -1.82. The molecule has 1 aromatic heterocycles. The Labute approximate surface area is 221 Å². The van der Waals surface area contributed by atoms with Crippen LogP contribution in [-0.4, -0.2) is 88.4 Å². The van der Waals surface area contributed by atoms with Crippen LogP contribution < -0.4 is 14.4 Å². The Balaban J connectivity index is 1.67. The van der Waals surface area contributed by atoms with Crippen LogP contribution in [0.15, 0.2) is 18.2 Å². The van der Waals surface area contributed by atoms with Crippen molar-refractivity contribution in [3.63, 3.8) is 0 Å². The smallest absolute Gasteiger partial charge is 0.358 e. The predicted octanol–water partition coefficient (Wildman–Crippen LogP) is 2.05. The summed E-state index contributed by atoms with van der Waals surface area (Å²) in [4.78, 5) is 32.8. The second kappa shape index (κ2) is 10.2. The summed E-state index contributed by atoms with van der Waals surface area (Å²) < 4.78 is 11.2. The number of ketones is 1. The lowest BCUT2D eigenvalue weighted by atomic mass is 9.84. The number of anilines is 1. The molecule has 2 aromatic rings. The van der Waals surface area contributed by atoms with E-state index in [1.807, 2.05) is 20.8 Å². The SMILES string of the molecule is CCOc1cc2c(nc1C(=O)O)C(=N)N(CC(=O)c1cc(N3CC(O)C(O)C3)c(OC)c(C(C)(C)C)c1)C2. The fourth-order valence-corrected chi connectivity index (χ4v) is 4.86. The van der Waals surface area contributed by atoms with Gasteiger partial charge in [0.2, 0.25) is 0 Å². The molecule has 1 fully saturated rings. The van der Waals surface area contributed by atoms with E-state index in [1.54, 1.807) is 42.0 Å². The summed E-state index contributed by atoms with van der Waals surface area (Å²) in [6.45, 7) is 8.51. The van der Waals surface area contributed by atoms with Gasteiger partial charge < -0.3 is 34.6 Å². The molecule has 204 valence electrons. The molecule has 0 spiro atoms. The van der Waals surface area contributed by atoms with Gasteiger partial charge >= 0.3 is 5.97 Å². The number of carbonyl (C=O) groups excluding carboxylic acids is 1. The van der Waals surface area contributed by atoms with Gasteiger partial charge in [-0.05, 0) is 30.5 Å². The Bertz CT molecular complexity index is 1280. The standard InChI is InChI=1S/C27H34N4O7/c1-6-38-21-9-15-10-31(25(28)22(15)29-23(21)26(35)36)11-18(32)14-7-16(27(2,3)4)24(37-5)17(8-14)30-12-19(33)20(34)13-30/h7-9,19-20,28,33-34H,6,10-13H2,1-5H3,(H,35,36). The zero-order chi connectivity index (χ0) is 27.9. The highest BCUT2D eigenvalue weighted by Crippen LogP contribution is 2.41. The number of ether oxygens (including phenoxy) is 2. The maximum Gasteiger partial charge on any atom is 0.358 e. The van der Waals surface area contributed by atoms with E-state index < -0.39 is 18.2 Å². The van der Waals surface area contributed by atoms with Crippen LogP contribution in [0.4, 0.5) is 5.69 Å². The first kappa shape index (κ1) is 27.3. The van der Waals surface area contributed by atoms with Crippen molar-refractivity contribution < 1.29 is 34.4 Å². The first-order valence-corrected chi connectivity index (χ1v) is 12.5. The molecule has 11 heteroatoms. The topological polar surface area (TPSA) is 157 Å². The number of nitrogens with zero attached hydrogens (tertiary/aromatic N) is 3. The van der Waals surface area contributed by atoms with Crippen molar-refractivity contribution in [1.29, 1.82) is 5.41 Å². The van der Waals surface area contributed by atoms with Crippen molar-refractivity contribution >= 4 is 23.3 Å². The van der Waals surface area contributed by atoms with Crippen molar-refractivity contribution in [3.8, 4) is 11.5 Å². The van der Waals surface area contributed by atoms with Crippen LogP contribution in [0.1, 0.15) is 65.4 Å². The average Bonchev–Trinajstić information content (AvgIpc) is 3.34. The van der Waals surface area contributed by atoms with Crippen LogP contribution in [0.2, 0.25) is 0 Å². The van der Waals surface area contributed by atoms with Crippen LogP contribution in [-0.2, 0) is 12.0 Å². The van der Waals surface area contributed by atoms with Crippen LogP contribution in [0.25, 0.3) is 0 Å². The molecule has 0 bridgehead atoms. The molecule has 1 aromatic carbocycles. The molecular formula is C27H34N4O7. The van der Waals surface area contributed by atoms with E-state index in [0.29, 0.717) is 22.6 Å². The highest BCUT2D eigenvalue weighted by Gasteiger charge is 2.35. The maximum atomic E-state index is 13.6. The van der Waals surface area contributed by atoms with E-state index in [1.165, 1.54) is 0 Å². The van der Waals surface area contributed by atoms with Crippen molar-refractivity contribution in [2.24, 2.45) is 0 Å². The van der Waals surface area contributed by atoms with Gasteiger partial charge in [0, 0.05) is 36.3 Å². The predicted molar refractivity (Wildman–Crippen MR) is 140 cm³/mol. The number of pyridine rings is 1. The molecule has 11 nitrogen and oxygen atoms in total. The fourth-order valence-electron chi connectivity index (χ4n) is 4.86. The summed E-state index contributed by atoms with van der Waals surface area (Å²) in [5.41, 5.74) is 1.98. The number of methoxy groups -OCH3 is 1. The zero-order valence-electron chi connectivity index (χ0n) is 22.2. The molecule has 0 amide bonds. The number of carboxylic acid groups (broad SMARTS) is 1. The second-order valence-electron chi connectivity index (χ2n) is 10.6.